The highest BCUT2D eigenvalue weighted by atomic mass is 16.2. The molecule has 0 spiro atoms. The van der Waals surface area contributed by atoms with E-state index < -0.39 is 0 Å². The molecule has 1 amide bonds. The van der Waals surface area contributed by atoms with Crippen LogP contribution in [0.1, 0.15) is 35.2 Å². The summed E-state index contributed by atoms with van der Waals surface area (Å²) in [4.78, 5) is 14.6. The second-order valence-electron chi connectivity index (χ2n) is 5.52. The van der Waals surface area contributed by atoms with Gasteiger partial charge in [0.1, 0.15) is 0 Å². The summed E-state index contributed by atoms with van der Waals surface area (Å²) in [5.41, 5.74) is 2.12. The van der Waals surface area contributed by atoms with Crippen molar-refractivity contribution in [3.05, 3.63) is 71.8 Å². The molecule has 1 saturated heterocycles. The van der Waals surface area contributed by atoms with Crippen LogP contribution in [-0.2, 0) is 0 Å². The van der Waals surface area contributed by atoms with Gasteiger partial charge in [-0.15, -0.1) is 0 Å². The number of nitrogens with zero attached hydrogens (tertiary/aromatic N) is 1. The van der Waals surface area contributed by atoms with Crippen molar-refractivity contribution >= 4 is 5.91 Å². The van der Waals surface area contributed by atoms with Gasteiger partial charge in [-0.05, 0) is 31.0 Å². The van der Waals surface area contributed by atoms with Crippen LogP contribution in [0.2, 0.25) is 0 Å². The molecule has 102 valence electrons. The fourth-order valence-electron chi connectivity index (χ4n) is 3.03. The van der Waals surface area contributed by atoms with Gasteiger partial charge in [0.15, 0.2) is 0 Å². The summed E-state index contributed by atoms with van der Waals surface area (Å²) in [6, 6.07) is 20.4. The summed E-state index contributed by atoms with van der Waals surface area (Å²) in [7, 11) is 0. The lowest BCUT2D eigenvalue weighted by Gasteiger charge is -2.21. The molecule has 0 aromatic heterocycles. The SMILES string of the molecule is CC1CC(c2ccccc2)CN1C(=O)c1ccccc1. The molecular formula is C18H19NO. The third-order valence-corrected chi connectivity index (χ3v) is 4.13. The Morgan fingerprint density at radius 3 is 2.25 bits per heavy atom. The molecule has 1 fully saturated rings. The molecule has 1 heterocycles. The molecule has 2 heteroatoms. The quantitative estimate of drug-likeness (QED) is 0.810. The van der Waals surface area contributed by atoms with Crippen LogP contribution in [-0.4, -0.2) is 23.4 Å². The van der Waals surface area contributed by atoms with Crippen molar-refractivity contribution in [1.82, 2.24) is 4.90 Å². The highest BCUT2D eigenvalue weighted by Crippen LogP contribution is 2.32. The smallest absolute Gasteiger partial charge is 0.254 e. The van der Waals surface area contributed by atoms with Crippen LogP contribution in [0.15, 0.2) is 60.7 Å². The molecule has 20 heavy (non-hydrogen) atoms. The highest BCUT2D eigenvalue weighted by Gasteiger charge is 2.33. The topological polar surface area (TPSA) is 20.3 Å². The van der Waals surface area contributed by atoms with E-state index in [9.17, 15) is 4.79 Å². The van der Waals surface area contributed by atoms with Crippen LogP contribution in [0, 0.1) is 0 Å². The number of benzene rings is 2. The standard InChI is InChI=1S/C18H19NO/c1-14-12-17(15-8-4-2-5-9-15)13-19(14)18(20)16-10-6-3-7-11-16/h2-11,14,17H,12-13H2,1H3. The number of carbonyl (C=O) groups is 1. The molecule has 0 saturated carbocycles. The second kappa shape index (κ2) is 5.49. The number of hydrogen-bond acceptors (Lipinski definition) is 1. The average Bonchev–Trinajstić information content (AvgIpc) is 2.90. The van der Waals surface area contributed by atoms with Gasteiger partial charge in [-0.3, -0.25) is 4.79 Å². The van der Waals surface area contributed by atoms with Crippen LogP contribution < -0.4 is 0 Å². The van der Waals surface area contributed by atoms with Gasteiger partial charge in [0.05, 0.1) is 0 Å². The Morgan fingerprint density at radius 1 is 1.00 bits per heavy atom. The van der Waals surface area contributed by atoms with Gasteiger partial charge in [-0.25, -0.2) is 0 Å². The lowest BCUT2D eigenvalue weighted by molar-refractivity contribution is 0.0746. The molecule has 1 aliphatic rings. The maximum absolute atomic E-state index is 12.6. The zero-order valence-corrected chi connectivity index (χ0v) is 11.7. The Balaban J connectivity index is 1.78. The zero-order chi connectivity index (χ0) is 13.9. The molecule has 3 rings (SSSR count). The van der Waals surface area contributed by atoms with Crippen LogP contribution in [0.5, 0.6) is 0 Å². The fraction of sp³-hybridized carbons (Fsp3) is 0.278. The van der Waals surface area contributed by atoms with Gasteiger partial charge in [-0.1, -0.05) is 48.5 Å². The van der Waals surface area contributed by atoms with Gasteiger partial charge < -0.3 is 4.90 Å². The molecule has 2 atom stereocenters. The van der Waals surface area contributed by atoms with Crippen LogP contribution >= 0.6 is 0 Å². The molecular weight excluding hydrogens is 246 g/mol. The Labute approximate surface area is 120 Å². The van der Waals surface area contributed by atoms with Crippen molar-refractivity contribution in [3.8, 4) is 0 Å². The number of hydrogen-bond donors (Lipinski definition) is 0. The molecule has 0 N–H and O–H groups in total. The summed E-state index contributed by atoms with van der Waals surface area (Å²) in [6.45, 7) is 2.96. The summed E-state index contributed by atoms with van der Waals surface area (Å²) >= 11 is 0. The average molecular weight is 265 g/mol. The van der Waals surface area contributed by atoms with Crippen molar-refractivity contribution in [1.29, 1.82) is 0 Å². The highest BCUT2D eigenvalue weighted by molar-refractivity contribution is 5.94. The van der Waals surface area contributed by atoms with E-state index >= 15 is 0 Å². The maximum atomic E-state index is 12.6. The van der Waals surface area contributed by atoms with Gasteiger partial charge >= 0.3 is 0 Å². The molecule has 0 aliphatic carbocycles. The zero-order valence-electron chi connectivity index (χ0n) is 11.7. The van der Waals surface area contributed by atoms with Gasteiger partial charge in [0.2, 0.25) is 0 Å². The second-order valence-corrected chi connectivity index (χ2v) is 5.52. The Hall–Kier alpha value is -2.09. The van der Waals surface area contributed by atoms with Crippen molar-refractivity contribution in [3.63, 3.8) is 0 Å². The maximum Gasteiger partial charge on any atom is 0.254 e. The fourth-order valence-corrected chi connectivity index (χ4v) is 3.03. The number of rotatable bonds is 2. The molecule has 2 nitrogen and oxygen atoms in total. The lowest BCUT2D eigenvalue weighted by Crippen LogP contribution is -2.33. The molecule has 1 aliphatic heterocycles. The van der Waals surface area contributed by atoms with E-state index in [0.717, 1.165) is 18.5 Å². The predicted octanol–water partition coefficient (Wildman–Crippen LogP) is 3.70. The van der Waals surface area contributed by atoms with Crippen LogP contribution in [0.4, 0.5) is 0 Å². The minimum atomic E-state index is 0.150. The first-order valence-electron chi connectivity index (χ1n) is 7.16. The van der Waals surface area contributed by atoms with Gasteiger partial charge in [0.25, 0.3) is 5.91 Å². The third kappa shape index (κ3) is 2.46. The molecule has 2 aromatic rings. The van der Waals surface area contributed by atoms with Crippen molar-refractivity contribution in [2.24, 2.45) is 0 Å². The Bertz CT molecular complexity index is 579. The summed E-state index contributed by atoms with van der Waals surface area (Å²) in [5.74, 6) is 0.607. The summed E-state index contributed by atoms with van der Waals surface area (Å²) < 4.78 is 0. The Morgan fingerprint density at radius 2 is 1.60 bits per heavy atom. The molecule has 0 radical (unpaired) electrons. The van der Waals surface area contributed by atoms with Gasteiger partial charge in [0, 0.05) is 24.1 Å². The molecule has 2 unspecified atom stereocenters. The first kappa shape index (κ1) is 12.9. The minimum Gasteiger partial charge on any atom is -0.335 e. The first-order chi connectivity index (χ1) is 9.75. The van der Waals surface area contributed by atoms with E-state index in [1.54, 1.807) is 0 Å². The lowest BCUT2D eigenvalue weighted by atomic mass is 9.97. The largest absolute Gasteiger partial charge is 0.335 e. The third-order valence-electron chi connectivity index (χ3n) is 4.13. The summed E-state index contributed by atoms with van der Waals surface area (Å²) in [6.07, 6.45) is 1.04. The summed E-state index contributed by atoms with van der Waals surface area (Å²) in [5, 5.41) is 0. The van der Waals surface area contributed by atoms with Gasteiger partial charge in [-0.2, -0.15) is 0 Å². The normalized spacial score (nSPS) is 21.9. The van der Waals surface area contributed by atoms with Crippen molar-refractivity contribution < 1.29 is 4.79 Å². The molecule has 2 aromatic carbocycles. The monoisotopic (exact) mass is 265 g/mol. The van der Waals surface area contributed by atoms with E-state index in [-0.39, 0.29) is 5.91 Å². The van der Waals surface area contributed by atoms with E-state index in [4.69, 9.17) is 0 Å². The van der Waals surface area contributed by atoms with Crippen molar-refractivity contribution in [2.45, 2.75) is 25.3 Å². The van der Waals surface area contributed by atoms with E-state index in [1.165, 1.54) is 5.56 Å². The van der Waals surface area contributed by atoms with Crippen molar-refractivity contribution in [2.75, 3.05) is 6.54 Å². The van der Waals surface area contributed by atoms with Crippen LogP contribution in [0.25, 0.3) is 0 Å². The number of amides is 1. The molecule has 0 bridgehead atoms. The predicted molar refractivity (Wildman–Crippen MR) is 80.7 cm³/mol. The van der Waals surface area contributed by atoms with Crippen LogP contribution in [0.3, 0.4) is 0 Å². The first-order valence-corrected chi connectivity index (χ1v) is 7.16. The number of carbonyl (C=O) groups excluding carboxylic acids is 1. The number of likely N-dealkylation sites (tertiary alicyclic amines) is 1. The van der Waals surface area contributed by atoms with E-state index in [0.29, 0.717) is 12.0 Å². The van der Waals surface area contributed by atoms with E-state index in [2.05, 4.69) is 31.2 Å². The minimum absolute atomic E-state index is 0.150. The Kier molecular flexibility index (Phi) is 3.55. The van der Waals surface area contributed by atoms with E-state index in [1.807, 2.05) is 41.3 Å².